The summed E-state index contributed by atoms with van der Waals surface area (Å²) in [7, 11) is 0. The Morgan fingerprint density at radius 2 is 1.07 bits per heavy atom. The van der Waals surface area contributed by atoms with Gasteiger partial charge in [-0.25, -0.2) is 4.79 Å². The molecule has 0 spiro atoms. The second kappa shape index (κ2) is 13.1. The number of hydrogen-bond donors (Lipinski definition) is 1. The molecule has 7 heteroatoms. The maximum absolute atomic E-state index is 13.0. The number of nitrogens with two attached hydrogens (primary N) is 1. The lowest BCUT2D eigenvalue weighted by Gasteiger charge is -2.13. The Labute approximate surface area is 267 Å². The van der Waals surface area contributed by atoms with Crippen LogP contribution in [0.15, 0.2) is 119 Å². The highest BCUT2D eigenvalue weighted by molar-refractivity contribution is 8.35. The third-order valence-electron chi connectivity index (χ3n) is 7.47. The first-order chi connectivity index (χ1) is 21.2. The first kappa shape index (κ1) is 28.4. The van der Waals surface area contributed by atoms with Crippen molar-refractivity contribution in [3.8, 4) is 0 Å². The molecule has 0 radical (unpaired) electrons. The first-order valence-corrected chi connectivity index (χ1v) is 17.6. The SMILES string of the molecule is O=C(OCc1ccc2c(=C3SC=CS3)c3ccccc3c(=C3SC=CS3)c2c1)c1ccc(C[NH2+]Cc2ccccc2)cc1. The maximum Gasteiger partial charge on any atom is 0.338 e. The highest BCUT2D eigenvalue weighted by Crippen LogP contribution is 2.41. The monoisotopic (exact) mass is 634 g/mol. The number of hydrogen-bond acceptors (Lipinski definition) is 6. The number of carbonyl (C=O) groups excluding carboxylic acids is 1. The summed E-state index contributed by atoms with van der Waals surface area (Å²) in [5.41, 5.74) is 4.03. The van der Waals surface area contributed by atoms with Crippen LogP contribution < -0.4 is 15.8 Å². The molecule has 0 fully saturated rings. The van der Waals surface area contributed by atoms with Gasteiger partial charge in [-0.05, 0) is 66.9 Å². The van der Waals surface area contributed by atoms with Crippen LogP contribution in [0.5, 0.6) is 0 Å². The van der Waals surface area contributed by atoms with Crippen molar-refractivity contribution in [3.63, 3.8) is 0 Å². The van der Waals surface area contributed by atoms with Crippen molar-refractivity contribution in [1.82, 2.24) is 0 Å². The molecule has 5 aromatic rings. The van der Waals surface area contributed by atoms with Gasteiger partial charge >= 0.3 is 5.97 Å². The summed E-state index contributed by atoms with van der Waals surface area (Å²) in [6.45, 7) is 2.01. The van der Waals surface area contributed by atoms with Gasteiger partial charge in [-0.15, -0.1) is 0 Å². The fourth-order valence-corrected chi connectivity index (χ4v) is 9.28. The van der Waals surface area contributed by atoms with Gasteiger partial charge in [0.1, 0.15) is 19.7 Å². The molecule has 0 aromatic heterocycles. The van der Waals surface area contributed by atoms with E-state index in [1.54, 1.807) is 47.0 Å². The molecule has 0 saturated carbocycles. The van der Waals surface area contributed by atoms with Crippen LogP contribution in [0.4, 0.5) is 0 Å². The average molecular weight is 635 g/mol. The molecule has 2 N–H and O–H groups in total. The normalized spacial score (nSPS) is 14.3. The van der Waals surface area contributed by atoms with E-state index in [-0.39, 0.29) is 12.6 Å². The van der Waals surface area contributed by atoms with Crippen molar-refractivity contribution in [1.29, 1.82) is 0 Å². The molecule has 5 aromatic carbocycles. The summed E-state index contributed by atoms with van der Waals surface area (Å²) in [5.74, 6) is -0.305. The van der Waals surface area contributed by atoms with E-state index in [0.717, 1.165) is 18.7 Å². The summed E-state index contributed by atoms with van der Waals surface area (Å²) in [5, 5.41) is 18.3. The van der Waals surface area contributed by atoms with Crippen molar-refractivity contribution < 1.29 is 14.8 Å². The zero-order valence-corrected chi connectivity index (χ0v) is 26.5. The summed E-state index contributed by atoms with van der Waals surface area (Å²) >= 11 is 7.11. The second-order valence-electron chi connectivity index (χ2n) is 10.2. The van der Waals surface area contributed by atoms with Crippen LogP contribution in [0.3, 0.4) is 0 Å². The summed E-state index contributed by atoms with van der Waals surface area (Å²) in [6, 6.07) is 33.4. The fraction of sp³-hybridized carbons (Fsp3) is 0.0833. The third kappa shape index (κ3) is 6.19. The highest BCUT2D eigenvalue weighted by Gasteiger charge is 2.16. The quantitative estimate of drug-likeness (QED) is 0.147. The van der Waals surface area contributed by atoms with Gasteiger partial charge in [-0.2, -0.15) is 0 Å². The molecule has 0 unspecified atom stereocenters. The predicted octanol–water partition coefficient (Wildman–Crippen LogP) is 7.65. The largest absolute Gasteiger partial charge is 0.457 e. The minimum Gasteiger partial charge on any atom is -0.457 e. The number of ether oxygens (including phenoxy) is 1. The van der Waals surface area contributed by atoms with Crippen molar-refractivity contribution in [3.05, 3.63) is 151 Å². The number of thioether (sulfide) groups is 4. The standard InChI is InChI=1S/C36H27NO2S4/c38-34(27-13-10-25(11-14-27)22-37-21-24-6-2-1-3-7-24)39-23-26-12-15-30-31(20-26)33(36-42-18-19-43-36)29-9-5-4-8-28(29)32(30)35-40-16-17-41-35/h1-20,37H,21-23H2/p+1. The minimum atomic E-state index is -0.305. The van der Waals surface area contributed by atoms with E-state index in [1.165, 1.54) is 51.6 Å². The maximum atomic E-state index is 13.0. The lowest BCUT2D eigenvalue weighted by molar-refractivity contribution is -0.686. The van der Waals surface area contributed by atoms with Gasteiger partial charge in [-0.3, -0.25) is 0 Å². The van der Waals surface area contributed by atoms with E-state index in [0.29, 0.717) is 5.56 Å². The highest BCUT2D eigenvalue weighted by atomic mass is 32.2. The fourth-order valence-electron chi connectivity index (χ4n) is 5.43. The minimum absolute atomic E-state index is 0.221. The summed E-state index contributed by atoms with van der Waals surface area (Å²) in [6.07, 6.45) is 0. The molecule has 2 aliphatic heterocycles. The van der Waals surface area contributed by atoms with E-state index in [9.17, 15) is 4.79 Å². The number of fused-ring (bicyclic) bond motifs is 2. The van der Waals surface area contributed by atoms with E-state index in [4.69, 9.17) is 4.74 Å². The van der Waals surface area contributed by atoms with Gasteiger partial charge in [0.2, 0.25) is 0 Å². The zero-order chi connectivity index (χ0) is 29.0. The van der Waals surface area contributed by atoms with Crippen molar-refractivity contribution >= 4 is 83.0 Å². The van der Waals surface area contributed by atoms with Crippen LogP contribution in [-0.4, -0.2) is 5.97 Å². The predicted molar refractivity (Wildman–Crippen MR) is 188 cm³/mol. The molecular weight excluding hydrogens is 607 g/mol. The number of benzene rings is 5. The lowest BCUT2D eigenvalue weighted by atomic mass is 9.97. The van der Waals surface area contributed by atoms with Crippen LogP contribution in [0.1, 0.15) is 27.0 Å². The summed E-state index contributed by atoms with van der Waals surface area (Å²) in [4.78, 5) is 13.0. The molecule has 2 aliphatic rings. The van der Waals surface area contributed by atoms with E-state index < -0.39 is 0 Å². The topological polar surface area (TPSA) is 42.9 Å². The van der Waals surface area contributed by atoms with Crippen LogP contribution in [-0.2, 0) is 24.4 Å². The van der Waals surface area contributed by atoms with Crippen molar-refractivity contribution in [2.75, 3.05) is 0 Å². The Balaban J connectivity index is 1.14. The second-order valence-corrected chi connectivity index (χ2v) is 14.4. The molecule has 7 rings (SSSR count). The molecule has 0 bridgehead atoms. The van der Waals surface area contributed by atoms with Crippen LogP contribution in [0.2, 0.25) is 0 Å². The molecule has 0 aliphatic carbocycles. The molecular formula is C36H28NO2S4+. The smallest absolute Gasteiger partial charge is 0.338 e. The Kier molecular flexibility index (Phi) is 8.68. The van der Waals surface area contributed by atoms with E-state index in [2.05, 4.69) is 93.7 Å². The molecule has 0 amide bonds. The molecule has 43 heavy (non-hydrogen) atoms. The van der Waals surface area contributed by atoms with E-state index >= 15 is 0 Å². The number of quaternary nitrogens is 1. The van der Waals surface area contributed by atoms with Gasteiger partial charge < -0.3 is 10.1 Å². The van der Waals surface area contributed by atoms with Gasteiger partial charge in [-0.1, -0.05) is 126 Å². The van der Waals surface area contributed by atoms with Gasteiger partial charge in [0.25, 0.3) is 0 Å². The number of esters is 1. The Bertz CT molecular complexity index is 2000. The van der Waals surface area contributed by atoms with Gasteiger partial charge in [0.15, 0.2) is 0 Å². The van der Waals surface area contributed by atoms with E-state index in [1.807, 2.05) is 30.3 Å². The third-order valence-corrected chi connectivity index (χ3v) is 11.7. The molecule has 0 atom stereocenters. The average Bonchev–Trinajstić information content (AvgIpc) is 3.79. The van der Waals surface area contributed by atoms with Crippen molar-refractivity contribution in [2.45, 2.75) is 19.7 Å². The van der Waals surface area contributed by atoms with Crippen LogP contribution in [0, 0.1) is 0 Å². The summed E-state index contributed by atoms with van der Waals surface area (Å²) < 4.78 is 8.40. The lowest BCUT2D eigenvalue weighted by Crippen LogP contribution is -2.80. The van der Waals surface area contributed by atoms with Crippen LogP contribution >= 0.6 is 47.0 Å². The number of carbonyl (C=O) groups is 1. The zero-order valence-electron chi connectivity index (χ0n) is 23.2. The number of rotatable bonds is 7. The Hall–Kier alpha value is -3.33. The first-order valence-electron chi connectivity index (χ1n) is 14.0. The molecule has 3 nitrogen and oxygen atoms in total. The Morgan fingerprint density at radius 3 is 1.70 bits per heavy atom. The van der Waals surface area contributed by atoms with Gasteiger partial charge in [0, 0.05) is 21.6 Å². The Morgan fingerprint density at radius 1 is 0.558 bits per heavy atom. The molecule has 2 heterocycles. The van der Waals surface area contributed by atoms with Gasteiger partial charge in [0.05, 0.1) is 14.0 Å². The molecule has 0 saturated heterocycles. The van der Waals surface area contributed by atoms with Crippen molar-refractivity contribution in [2.24, 2.45) is 0 Å². The van der Waals surface area contributed by atoms with Crippen LogP contribution in [0.25, 0.3) is 30.0 Å². The molecule has 212 valence electrons.